The summed E-state index contributed by atoms with van der Waals surface area (Å²) in [5.74, 6) is 2.98. The van der Waals surface area contributed by atoms with Gasteiger partial charge in [0.05, 0.1) is 0 Å². The van der Waals surface area contributed by atoms with Crippen LogP contribution in [0.1, 0.15) is 57.1 Å². The fraction of sp³-hybridized carbons (Fsp3) is 0.833. The van der Waals surface area contributed by atoms with Gasteiger partial charge in [-0.3, -0.25) is 4.68 Å². The van der Waals surface area contributed by atoms with Gasteiger partial charge in [0.15, 0.2) is 0 Å². The summed E-state index contributed by atoms with van der Waals surface area (Å²) in [6.45, 7) is 0. The highest BCUT2D eigenvalue weighted by atomic mass is 15.2. The summed E-state index contributed by atoms with van der Waals surface area (Å²) in [5.41, 5.74) is 1.36. The summed E-state index contributed by atoms with van der Waals surface area (Å²) in [5, 5.41) is 7.90. The Bertz CT molecular complexity index is 439. The molecule has 0 radical (unpaired) electrons. The molecular weight excluding hydrogens is 258 g/mol. The van der Waals surface area contributed by atoms with E-state index in [0.29, 0.717) is 6.04 Å². The molecule has 4 atom stereocenters. The minimum absolute atomic E-state index is 0.683. The van der Waals surface area contributed by atoms with Crippen LogP contribution in [-0.2, 0) is 13.5 Å². The van der Waals surface area contributed by atoms with Gasteiger partial charge in [-0.25, -0.2) is 0 Å². The Morgan fingerprint density at radius 3 is 2.76 bits per heavy atom. The number of aromatic nitrogens is 2. The van der Waals surface area contributed by atoms with E-state index in [4.69, 9.17) is 0 Å². The molecule has 4 unspecified atom stereocenters. The first-order chi connectivity index (χ1) is 10.3. The molecule has 0 bridgehead atoms. The highest BCUT2D eigenvalue weighted by Gasteiger charge is 2.34. The molecular formula is C18H31N3. The second kappa shape index (κ2) is 6.95. The molecule has 1 N–H and O–H groups in total. The maximum atomic E-state index is 4.28. The van der Waals surface area contributed by atoms with Crippen molar-refractivity contribution in [2.24, 2.45) is 24.8 Å². The minimum atomic E-state index is 0.683. The number of nitrogens with zero attached hydrogens (tertiary/aromatic N) is 2. The Morgan fingerprint density at radius 2 is 2.05 bits per heavy atom. The van der Waals surface area contributed by atoms with Crippen LogP contribution in [0.3, 0.4) is 0 Å². The summed E-state index contributed by atoms with van der Waals surface area (Å²) < 4.78 is 2.02. The molecule has 2 saturated carbocycles. The first kappa shape index (κ1) is 15.1. The quantitative estimate of drug-likeness (QED) is 0.898. The summed E-state index contributed by atoms with van der Waals surface area (Å²) in [6, 6.07) is 2.84. The normalized spacial score (nSPS) is 30.9. The van der Waals surface area contributed by atoms with Crippen molar-refractivity contribution in [1.29, 1.82) is 0 Å². The monoisotopic (exact) mass is 289 g/mol. The number of hydrogen-bond acceptors (Lipinski definition) is 2. The van der Waals surface area contributed by atoms with Crippen molar-refractivity contribution >= 4 is 0 Å². The molecule has 3 rings (SSSR count). The van der Waals surface area contributed by atoms with Gasteiger partial charge in [0, 0.05) is 25.0 Å². The van der Waals surface area contributed by atoms with E-state index in [2.05, 4.69) is 30.6 Å². The molecule has 3 nitrogen and oxygen atoms in total. The summed E-state index contributed by atoms with van der Waals surface area (Å²) >= 11 is 0. The molecule has 1 aromatic heterocycles. The lowest BCUT2D eigenvalue weighted by atomic mass is 9.66. The molecule has 1 heterocycles. The topological polar surface area (TPSA) is 29.9 Å². The maximum Gasteiger partial charge on any atom is 0.0492 e. The molecule has 0 aliphatic heterocycles. The second-order valence-corrected chi connectivity index (χ2v) is 7.26. The van der Waals surface area contributed by atoms with Gasteiger partial charge in [0.25, 0.3) is 0 Å². The predicted molar refractivity (Wildman–Crippen MR) is 87.2 cm³/mol. The second-order valence-electron chi connectivity index (χ2n) is 7.26. The van der Waals surface area contributed by atoms with E-state index in [1.54, 1.807) is 0 Å². The van der Waals surface area contributed by atoms with Gasteiger partial charge in [0.2, 0.25) is 0 Å². The highest BCUT2D eigenvalue weighted by Crippen LogP contribution is 2.43. The van der Waals surface area contributed by atoms with Crippen molar-refractivity contribution in [3.8, 4) is 0 Å². The molecule has 0 spiro atoms. The molecule has 1 aromatic rings. The number of hydrogen-bond donors (Lipinski definition) is 1. The van der Waals surface area contributed by atoms with Gasteiger partial charge in [-0.1, -0.05) is 25.7 Å². The molecule has 21 heavy (non-hydrogen) atoms. The third kappa shape index (κ3) is 3.50. The van der Waals surface area contributed by atoms with Crippen LogP contribution >= 0.6 is 0 Å². The lowest BCUT2D eigenvalue weighted by Gasteiger charge is -2.42. The number of fused-ring (bicyclic) bond motifs is 1. The molecule has 0 saturated heterocycles. The summed E-state index contributed by atoms with van der Waals surface area (Å²) in [4.78, 5) is 0. The van der Waals surface area contributed by atoms with Crippen molar-refractivity contribution < 1.29 is 0 Å². The summed E-state index contributed by atoms with van der Waals surface area (Å²) in [7, 11) is 4.21. The average molecular weight is 289 g/mol. The van der Waals surface area contributed by atoms with Crippen molar-refractivity contribution in [3.63, 3.8) is 0 Å². The maximum absolute atomic E-state index is 4.28. The third-order valence-corrected chi connectivity index (χ3v) is 6.15. The zero-order valence-electron chi connectivity index (χ0n) is 13.7. The van der Waals surface area contributed by atoms with Crippen molar-refractivity contribution in [3.05, 3.63) is 18.0 Å². The number of nitrogens with one attached hydrogen (secondary N) is 1. The molecule has 0 amide bonds. The van der Waals surface area contributed by atoms with Crippen molar-refractivity contribution in [2.45, 2.75) is 63.8 Å². The lowest BCUT2D eigenvalue weighted by Crippen LogP contribution is -2.39. The number of aryl methyl sites for hydroxylation is 2. The first-order valence-electron chi connectivity index (χ1n) is 8.92. The lowest BCUT2D eigenvalue weighted by molar-refractivity contribution is 0.109. The molecule has 2 fully saturated rings. The van der Waals surface area contributed by atoms with E-state index in [1.807, 2.05) is 10.9 Å². The highest BCUT2D eigenvalue weighted by molar-refractivity contribution is 5.01. The largest absolute Gasteiger partial charge is 0.317 e. The van der Waals surface area contributed by atoms with Crippen LogP contribution in [0.2, 0.25) is 0 Å². The van der Waals surface area contributed by atoms with E-state index >= 15 is 0 Å². The van der Waals surface area contributed by atoms with Crippen LogP contribution < -0.4 is 5.32 Å². The van der Waals surface area contributed by atoms with Crippen LogP contribution in [-0.4, -0.2) is 22.9 Å². The molecule has 118 valence electrons. The Balaban J connectivity index is 1.54. The van der Waals surface area contributed by atoms with Gasteiger partial charge in [-0.05, 0) is 63.0 Å². The standard InChI is InChI=1S/C18H31N3/c1-19-18(10-9-17-11-12-20-21(17)2)16-8-7-14-5-3-4-6-15(14)13-16/h11-12,14-16,18-19H,3-10,13H2,1-2H3. The third-order valence-electron chi connectivity index (χ3n) is 6.15. The zero-order chi connectivity index (χ0) is 14.7. The Kier molecular flexibility index (Phi) is 4.99. The Hall–Kier alpha value is -0.830. The zero-order valence-corrected chi connectivity index (χ0v) is 13.7. The number of rotatable bonds is 5. The van der Waals surface area contributed by atoms with E-state index in [-0.39, 0.29) is 0 Å². The van der Waals surface area contributed by atoms with Gasteiger partial charge < -0.3 is 5.32 Å². The van der Waals surface area contributed by atoms with Crippen LogP contribution in [0.4, 0.5) is 0 Å². The van der Waals surface area contributed by atoms with Crippen LogP contribution in [0.25, 0.3) is 0 Å². The SMILES string of the molecule is CNC(CCc1ccnn1C)C1CCC2CCCCC2C1. The van der Waals surface area contributed by atoms with Crippen molar-refractivity contribution in [2.75, 3.05) is 7.05 Å². The fourth-order valence-electron chi connectivity index (χ4n) is 4.84. The van der Waals surface area contributed by atoms with Crippen LogP contribution in [0, 0.1) is 17.8 Å². The smallest absolute Gasteiger partial charge is 0.0492 e. The van der Waals surface area contributed by atoms with E-state index in [9.17, 15) is 0 Å². The summed E-state index contributed by atoms with van der Waals surface area (Å²) in [6.07, 6.45) is 14.7. The van der Waals surface area contributed by atoms with E-state index in [0.717, 1.165) is 24.2 Å². The van der Waals surface area contributed by atoms with Gasteiger partial charge in [-0.2, -0.15) is 5.10 Å². The fourth-order valence-corrected chi connectivity index (χ4v) is 4.84. The molecule has 3 heteroatoms. The van der Waals surface area contributed by atoms with Crippen LogP contribution in [0.5, 0.6) is 0 Å². The van der Waals surface area contributed by atoms with E-state index in [1.165, 1.54) is 57.1 Å². The van der Waals surface area contributed by atoms with Crippen LogP contribution in [0.15, 0.2) is 12.3 Å². The minimum Gasteiger partial charge on any atom is -0.317 e. The van der Waals surface area contributed by atoms with Gasteiger partial charge >= 0.3 is 0 Å². The van der Waals surface area contributed by atoms with Gasteiger partial charge in [-0.15, -0.1) is 0 Å². The average Bonchev–Trinajstić information content (AvgIpc) is 2.93. The van der Waals surface area contributed by atoms with E-state index < -0.39 is 0 Å². The van der Waals surface area contributed by atoms with Crippen molar-refractivity contribution in [1.82, 2.24) is 15.1 Å². The Labute approximate surface area is 129 Å². The molecule has 0 aromatic carbocycles. The molecule has 2 aliphatic carbocycles. The molecule has 2 aliphatic rings. The predicted octanol–water partition coefficient (Wildman–Crippen LogP) is 3.55. The Morgan fingerprint density at radius 1 is 1.24 bits per heavy atom. The first-order valence-corrected chi connectivity index (χ1v) is 8.92. The van der Waals surface area contributed by atoms with Gasteiger partial charge in [0.1, 0.15) is 0 Å².